The van der Waals surface area contributed by atoms with E-state index in [-0.39, 0.29) is 77.7 Å². The molecule has 7 aromatic rings. The highest BCUT2D eigenvalue weighted by atomic mass is 16.6. The number of benzene rings is 3. The molecule has 7 heterocycles. The Kier molecular flexibility index (Phi) is 11.2. The van der Waals surface area contributed by atoms with Crippen molar-refractivity contribution < 1.29 is 39.2 Å². The summed E-state index contributed by atoms with van der Waals surface area (Å²) in [4.78, 5) is 74.3. The Bertz CT molecular complexity index is 3390. The fourth-order valence-corrected chi connectivity index (χ4v) is 10.2. The number of aryl methyl sites for hydroxylation is 1. The number of hydrogen-bond acceptors (Lipinski definition) is 12. The van der Waals surface area contributed by atoms with E-state index in [4.69, 9.17) is 14.5 Å². The first kappa shape index (κ1) is 45.1. The highest BCUT2D eigenvalue weighted by Crippen LogP contribution is 2.42. The second kappa shape index (κ2) is 17.1. The fourth-order valence-electron chi connectivity index (χ4n) is 10.2. The Morgan fingerprint density at radius 1 is 0.986 bits per heavy atom. The van der Waals surface area contributed by atoms with E-state index in [9.17, 15) is 39.3 Å². The van der Waals surface area contributed by atoms with Gasteiger partial charge in [0.2, 0.25) is 5.91 Å². The van der Waals surface area contributed by atoms with Crippen LogP contribution in [0.4, 0.5) is 4.79 Å². The van der Waals surface area contributed by atoms with Crippen molar-refractivity contribution in [3.05, 3.63) is 116 Å². The first-order valence-electron chi connectivity index (χ1n) is 23.2. The summed E-state index contributed by atoms with van der Waals surface area (Å²) >= 11 is 0. The number of amides is 2. The van der Waals surface area contributed by atoms with E-state index in [2.05, 4.69) is 14.8 Å². The van der Waals surface area contributed by atoms with Crippen molar-refractivity contribution in [2.75, 3.05) is 26.7 Å². The largest absolute Gasteiger partial charge is 0.508 e. The summed E-state index contributed by atoms with van der Waals surface area (Å²) in [5, 5.41) is 40.8. The van der Waals surface area contributed by atoms with Crippen LogP contribution in [0.3, 0.4) is 0 Å². The lowest BCUT2D eigenvalue weighted by atomic mass is 9.86. The van der Waals surface area contributed by atoms with Gasteiger partial charge in [-0.25, -0.2) is 29.0 Å². The third kappa shape index (κ3) is 7.58. The number of piperidine rings is 1. The number of carbonyl (C=O) groups is 3. The minimum Gasteiger partial charge on any atom is -0.508 e. The van der Waals surface area contributed by atoms with Crippen molar-refractivity contribution >= 4 is 39.8 Å². The highest BCUT2D eigenvalue weighted by Gasteiger charge is 2.45. The average Bonchev–Trinajstić information content (AvgIpc) is 4.04. The van der Waals surface area contributed by atoms with Gasteiger partial charge in [-0.05, 0) is 103 Å². The molecule has 0 spiro atoms. The predicted molar refractivity (Wildman–Crippen MR) is 254 cm³/mol. The third-order valence-corrected chi connectivity index (χ3v) is 14.1. The standard InChI is InChI=1S/C51H52N8O10/c1-6-32-34-19-31(9-10-39(34)52-45-36(32)24-58-41(45)21-38-37(47(58)63)26-68-48(64)51(38,67)7-2)69-50(66)55(5)25-44(62)56-15-12-28(13-16-56)23-57-17-14-29-18-30(8-11-40(29)57)59-46(53-54-49(59)65)35-20-33(27(3)4)42(60)22-43(35)61/h8-11,14,17-22,27-28,60-61,67H,6-7,12-13,15-16,23-26H2,1-5H3,(H,54,65). The van der Waals surface area contributed by atoms with E-state index in [1.54, 1.807) is 46.7 Å². The molecule has 10 rings (SSSR count). The number of ether oxygens (including phenoxy) is 2. The van der Waals surface area contributed by atoms with Crippen LogP contribution in [0, 0.1) is 5.92 Å². The number of H-pyrrole nitrogens is 1. The highest BCUT2D eigenvalue weighted by molar-refractivity contribution is 5.91. The number of phenolic OH excluding ortho intramolecular Hbond substituents is 2. The van der Waals surface area contributed by atoms with Gasteiger partial charge in [-0.3, -0.25) is 9.59 Å². The van der Waals surface area contributed by atoms with E-state index < -0.39 is 23.4 Å². The number of nitrogens with one attached hydrogen (secondary N) is 1. The number of rotatable bonds is 10. The van der Waals surface area contributed by atoms with Gasteiger partial charge in [0.15, 0.2) is 11.4 Å². The second-order valence-corrected chi connectivity index (χ2v) is 18.6. The number of cyclic esters (lactones) is 1. The van der Waals surface area contributed by atoms with Gasteiger partial charge in [-0.1, -0.05) is 27.7 Å². The number of phenols is 2. The first-order chi connectivity index (χ1) is 33.1. The summed E-state index contributed by atoms with van der Waals surface area (Å²) in [6.07, 6.45) is 3.49. The van der Waals surface area contributed by atoms with Gasteiger partial charge in [0.1, 0.15) is 30.4 Å². The van der Waals surface area contributed by atoms with Gasteiger partial charge in [0.25, 0.3) is 5.56 Å². The van der Waals surface area contributed by atoms with Crippen molar-refractivity contribution in [2.45, 2.75) is 84.6 Å². The third-order valence-electron chi connectivity index (χ3n) is 14.1. The number of carbonyl (C=O) groups excluding carboxylic acids is 3. The summed E-state index contributed by atoms with van der Waals surface area (Å²) in [6, 6.07) is 17.4. The van der Waals surface area contributed by atoms with Crippen LogP contribution in [-0.2, 0) is 46.0 Å². The van der Waals surface area contributed by atoms with E-state index in [0.29, 0.717) is 59.1 Å². The maximum atomic E-state index is 13.7. The van der Waals surface area contributed by atoms with Crippen molar-refractivity contribution in [2.24, 2.45) is 5.92 Å². The number of likely N-dealkylation sites (N-methyl/N-ethyl adjacent to an activating group) is 1. The van der Waals surface area contributed by atoms with Gasteiger partial charge < -0.3 is 43.7 Å². The van der Waals surface area contributed by atoms with E-state index in [1.807, 2.05) is 51.2 Å². The van der Waals surface area contributed by atoms with Gasteiger partial charge in [-0.2, -0.15) is 5.10 Å². The molecule has 356 valence electrons. The molecular formula is C51H52N8O10. The summed E-state index contributed by atoms with van der Waals surface area (Å²) in [5.41, 5.74) is 3.71. The monoisotopic (exact) mass is 936 g/mol. The Labute approximate surface area is 395 Å². The van der Waals surface area contributed by atoms with E-state index in [1.165, 1.54) is 22.6 Å². The number of esters is 1. The maximum absolute atomic E-state index is 13.7. The molecule has 1 atom stereocenters. The van der Waals surface area contributed by atoms with Gasteiger partial charge in [0.05, 0.1) is 40.3 Å². The number of fused-ring (bicyclic) bond motifs is 6. The average molecular weight is 937 g/mol. The Morgan fingerprint density at radius 3 is 2.51 bits per heavy atom. The van der Waals surface area contributed by atoms with Crippen LogP contribution in [0.25, 0.3) is 50.3 Å². The number of pyridine rings is 2. The number of nitrogens with zero attached hydrogens (tertiary/aromatic N) is 7. The van der Waals surface area contributed by atoms with Crippen molar-refractivity contribution in [3.8, 4) is 45.7 Å². The molecule has 4 aromatic heterocycles. The van der Waals surface area contributed by atoms with Crippen LogP contribution >= 0.6 is 0 Å². The zero-order valence-corrected chi connectivity index (χ0v) is 38.9. The molecule has 1 fully saturated rings. The molecule has 0 radical (unpaired) electrons. The van der Waals surface area contributed by atoms with E-state index in [0.717, 1.165) is 46.8 Å². The summed E-state index contributed by atoms with van der Waals surface area (Å²) in [7, 11) is 1.53. The molecule has 3 aliphatic rings. The molecular weight excluding hydrogens is 885 g/mol. The number of aliphatic hydroxyl groups is 1. The van der Waals surface area contributed by atoms with Gasteiger partial charge >= 0.3 is 17.8 Å². The van der Waals surface area contributed by atoms with Crippen LogP contribution in [0.1, 0.15) is 80.7 Å². The van der Waals surface area contributed by atoms with Crippen LogP contribution in [-0.4, -0.2) is 98.7 Å². The summed E-state index contributed by atoms with van der Waals surface area (Å²) in [6.45, 7) is 9.17. The Morgan fingerprint density at radius 2 is 1.77 bits per heavy atom. The number of likely N-dealkylation sites (tertiary alicyclic amines) is 1. The number of aromatic hydroxyl groups is 2. The van der Waals surface area contributed by atoms with Crippen LogP contribution in [0.2, 0.25) is 0 Å². The van der Waals surface area contributed by atoms with Gasteiger partial charge in [0, 0.05) is 66.4 Å². The lowest BCUT2D eigenvalue weighted by Crippen LogP contribution is -2.45. The molecule has 0 saturated carbocycles. The smallest absolute Gasteiger partial charge is 0.415 e. The molecule has 69 heavy (non-hydrogen) atoms. The zero-order chi connectivity index (χ0) is 48.6. The minimum atomic E-state index is -1.93. The van der Waals surface area contributed by atoms with E-state index >= 15 is 0 Å². The molecule has 4 N–H and O–H groups in total. The van der Waals surface area contributed by atoms with Crippen LogP contribution < -0.4 is 16.0 Å². The Balaban J connectivity index is 0.771. The van der Waals surface area contributed by atoms with Crippen molar-refractivity contribution in [3.63, 3.8) is 0 Å². The number of hydrogen-bond donors (Lipinski definition) is 4. The molecule has 0 bridgehead atoms. The maximum Gasteiger partial charge on any atom is 0.415 e. The first-order valence-corrected chi connectivity index (χ1v) is 23.2. The molecule has 0 aliphatic carbocycles. The van der Waals surface area contributed by atoms with Gasteiger partial charge in [-0.15, -0.1) is 0 Å². The van der Waals surface area contributed by atoms with Crippen LogP contribution in [0.5, 0.6) is 17.2 Å². The molecule has 3 aliphatic heterocycles. The normalized spacial score (nSPS) is 16.7. The lowest BCUT2D eigenvalue weighted by Gasteiger charge is -2.33. The summed E-state index contributed by atoms with van der Waals surface area (Å²) < 4.78 is 16.2. The molecule has 18 heteroatoms. The van der Waals surface area contributed by atoms with Crippen molar-refractivity contribution in [1.29, 1.82) is 0 Å². The lowest BCUT2D eigenvalue weighted by molar-refractivity contribution is -0.172. The minimum absolute atomic E-state index is 0.0315. The SMILES string of the molecule is CCc1c2c(nc3ccc(OC(=O)N(C)CC(=O)N4CCC(Cn5ccc6cc(-n7c(-c8cc(C(C)C)c(O)cc8O)n[nH]c7=O)ccc65)CC4)cc13)-c1cc3c(c(=O)n1C2)COC(=O)C3(O)CC. The fraction of sp³-hybridized carbons (Fsp3) is 0.353. The topological polar surface area (TPSA) is 227 Å². The Hall–Kier alpha value is -7.73. The number of aromatic nitrogens is 6. The molecule has 18 nitrogen and oxygen atoms in total. The molecule has 3 aromatic carbocycles. The quantitative estimate of drug-likeness (QED) is 0.115. The number of aromatic amines is 1. The second-order valence-electron chi connectivity index (χ2n) is 18.6. The van der Waals surface area contributed by atoms with Crippen LogP contribution in [0.15, 0.2) is 76.4 Å². The molecule has 2 amide bonds. The predicted octanol–water partition coefficient (Wildman–Crippen LogP) is 6.04. The van der Waals surface area contributed by atoms with Crippen molar-refractivity contribution in [1.82, 2.24) is 38.7 Å². The zero-order valence-electron chi connectivity index (χ0n) is 38.9. The molecule has 1 unspecified atom stereocenters. The molecule has 1 saturated heterocycles. The summed E-state index contributed by atoms with van der Waals surface area (Å²) in [5.74, 6) is -0.434.